The van der Waals surface area contributed by atoms with Crippen molar-refractivity contribution in [2.24, 2.45) is 5.84 Å². The van der Waals surface area contributed by atoms with Crippen LogP contribution >= 0.6 is 47.5 Å². The molecule has 1 aromatic carbocycles. The van der Waals surface area contributed by atoms with Gasteiger partial charge in [0.15, 0.2) is 5.13 Å². The van der Waals surface area contributed by atoms with Gasteiger partial charge >= 0.3 is 0 Å². The van der Waals surface area contributed by atoms with Crippen molar-refractivity contribution in [3.63, 3.8) is 0 Å². The molecule has 0 saturated heterocycles. The fourth-order valence-corrected chi connectivity index (χ4v) is 3.12. The van der Waals surface area contributed by atoms with Gasteiger partial charge in [-0.2, -0.15) is 0 Å². The van der Waals surface area contributed by atoms with Gasteiger partial charge in [0.25, 0.3) is 5.17 Å². The van der Waals surface area contributed by atoms with Gasteiger partial charge in [-0.1, -0.05) is 24.3 Å². The zero-order chi connectivity index (χ0) is 18.2. The Balaban J connectivity index is 0.00000338. The third kappa shape index (κ3) is 7.52. The third-order valence-electron chi connectivity index (χ3n) is 3.58. The van der Waals surface area contributed by atoms with Gasteiger partial charge in [-0.05, 0) is 42.6 Å². The minimum atomic E-state index is -0.0983. The number of halogens is 1. The topological polar surface area (TPSA) is 80.5 Å². The zero-order valence-electron chi connectivity index (χ0n) is 14.7. The molecule has 9 heteroatoms. The van der Waals surface area contributed by atoms with E-state index >= 15 is 0 Å². The summed E-state index contributed by atoms with van der Waals surface area (Å²) in [5, 5.41) is 7.05. The second kappa shape index (κ2) is 11.4. The highest BCUT2D eigenvalue weighted by molar-refractivity contribution is 14.0. The lowest BCUT2D eigenvalue weighted by atomic mass is 10.0. The monoisotopic (exact) mass is 506 g/mol. The Labute approximate surface area is 180 Å². The van der Waals surface area contributed by atoms with E-state index in [-0.39, 0.29) is 29.9 Å². The minimum absolute atomic E-state index is 0. The summed E-state index contributed by atoms with van der Waals surface area (Å²) in [4.78, 5) is 15.4. The van der Waals surface area contributed by atoms with Crippen molar-refractivity contribution in [3.05, 3.63) is 46.5 Å². The summed E-state index contributed by atoms with van der Waals surface area (Å²) >= 11 is 6.42. The number of hydrogen-bond acceptors (Lipinski definition) is 6. The van der Waals surface area contributed by atoms with Crippen molar-refractivity contribution in [2.75, 3.05) is 19.0 Å². The second-order valence-corrected chi connectivity index (χ2v) is 6.76. The van der Waals surface area contributed by atoms with Gasteiger partial charge in [0.05, 0.1) is 12.8 Å². The van der Waals surface area contributed by atoms with E-state index < -0.39 is 0 Å². The van der Waals surface area contributed by atoms with Crippen LogP contribution in [-0.4, -0.2) is 34.7 Å². The number of carbonyl (C=O) groups is 1. The number of thiazole rings is 1. The van der Waals surface area contributed by atoms with Crippen LogP contribution < -0.4 is 11.2 Å². The van der Waals surface area contributed by atoms with Crippen molar-refractivity contribution in [3.8, 4) is 0 Å². The van der Waals surface area contributed by atoms with E-state index in [1.165, 1.54) is 41.5 Å². The van der Waals surface area contributed by atoms with E-state index in [1.54, 1.807) is 0 Å². The smallest absolute Gasteiger partial charge is 0.273 e. The molecule has 0 aliphatic heterocycles. The zero-order valence-corrected chi connectivity index (χ0v) is 18.7. The lowest BCUT2D eigenvalue weighted by molar-refractivity contribution is -0.114. The summed E-state index contributed by atoms with van der Waals surface area (Å²) in [7, 11) is 1.51. The first kappa shape index (κ1) is 22.7. The van der Waals surface area contributed by atoms with Gasteiger partial charge in [-0.25, -0.2) is 10.8 Å². The maximum Gasteiger partial charge on any atom is 0.273 e. The largest absolute Gasteiger partial charge is 0.473 e. The molecule has 0 radical (unpaired) electrons. The number of methoxy groups -OCH3 is 1. The summed E-state index contributed by atoms with van der Waals surface area (Å²) in [5.41, 5.74) is 3.43. The summed E-state index contributed by atoms with van der Waals surface area (Å²) < 4.78 is 4.92. The lowest BCUT2D eigenvalue weighted by Gasteiger charge is -2.17. The van der Waals surface area contributed by atoms with Crippen molar-refractivity contribution < 1.29 is 9.53 Å². The molecule has 6 nitrogen and oxygen atoms in total. The molecule has 0 saturated carbocycles. The number of hydrazine groups is 1. The first-order valence-electron chi connectivity index (χ1n) is 7.88. The first-order valence-corrected chi connectivity index (χ1v) is 9.16. The van der Waals surface area contributed by atoms with Gasteiger partial charge in [0.1, 0.15) is 0 Å². The van der Waals surface area contributed by atoms with Gasteiger partial charge in [0, 0.05) is 18.8 Å². The number of hydrogen-bond donors (Lipinski definition) is 2. The number of carbonyl (C=O) groups excluding carboxylic acids is 1. The average Bonchev–Trinajstić information content (AvgIpc) is 3.04. The molecule has 3 N–H and O–H groups in total. The van der Waals surface area contributed by atoms with Crippen LogP contribution in [0.3, 0.4) is 0 Å². The van der Waals surface area contributed by atoms with Gasteiger partial charge < -0.3 is 10.1 Å². The molecule has 0 bridgehead atoms. The fraction of sp³-hybridized carbons (Fsp3) is 0.353. The number of benzene rings is 1. The Morgan fingerprint density at radius 2 is 1.88 bits per heavy atom. The molecular formula is C17H23IN4O2S2. The molecule has 0 aliphatic carbocycles. The number of aryl methyl sites for hydroxylation is 2. The summed E-state index contributed by atoms with van der Waals surface area (Å²) in [6.45, 7) is 2.09. The Morgan fingerprint density at radius 1 is 1.27 bits per heavy atom. The lowest BCUT2D eigenvalue weighted by Crippen LogP contribution is -2.38. The number of amides is 1. The van der Waals surface area contributed by atoms with E-state index in [0.29, 0.717) is 16.9 Å². The van der Waals surface area contributed by atoms with Crippen molar-refractivity contribution in [1.82, 2.24) is 9.99 Å². The number of rotatable bonds is 7. The summed E-state index contributed by atoms with van der Waals surface area (Å²) in [5.74, 6) is 5.69. The number of nitrogens with zero attached hydrogens (tertiary/aromatic N) is 2. The molecule has 1 heterocycles. The molecule has 0 aliphatic rings. The Hall–Kier alpha value is -1.30. The van der Waals surface area contributed by atoms with Gasteiger partial charge in [0.2, 0.25) is 5.91 Å². The maximum atomic E-state index is 11.0. The normalized spacial score (nSPS) is 9.96. The highest BCUT2D eigenvalue weighted by atomic mass is 127. The molecule has 26 heavy (non-hydrogen) atoms. The highest BCUT2D eigenvalue weighted by Crippen LogP contribution is 2.17. The van der Waals surface area contributed by atoms with Crippen LogP contribution in [0.2, 0.25) is 0 Å². The van der Waals surface area contributed by atoms with Crippen LogP contribution in [0.25, 0.3) is 0 Å². The number of nitrogens with one attached hydrogen (secondary N) is 1. The van der Waals surface area contributed by atoms with Crippen LogP contribution in [0.15, 0.2) is 29.6 Å². The second-order valence-electron chi connectivity index (χ2n) is 5.56. The fourth-order valence-electron chi connectivity index (χ4n) is 2.23. The molecule has 1 amide bonds. The SMILES string of the molecule is COC(=S)N(N)CCc1ccc(CCc2csc(NC(C)=O)n2)cc1.I. The van der Waals surface area contributed by atoms with E-state index in [9.17, 15) is 4.79 Å². The summed E-state index contributed by atoms with van der Waals surface area (Å²) in [6, 6.07) is 8.43. The number of ether oxygens (including phenoxy) is 1. The first-order chi connectivity index (χ1) is 12.0. The number of anilines is 1. The van der Waals surface area contributed by atoms with Crippen LogP contribution in [0.5, 0.6) is 0 Å². The Bertz CT molecular complexity index is 722. The van der Waals surface area contributed by atoms with E-state index in [0.717, 1.165) is 25.0 Å². The van der Waals surface area contributed by atoms with Crippen molar-refractivity contribution in [2.45, 2.75) is 26.2 Å². The standard InChI is InChI=1S/C17H22N4O2S2.HI/c1-12(22)19-16-20-15(11-25-16)8-7-13-3-5-14(6-4-13)9-10-21(18)17(24)23-2;/h3-6,11H,7-10,18H2,1-2H3,(H,19,20,22);1H. The molecule has 2 aromatic rings. The minimum Gasteiger partial charge on any atom is -0.473 e. The Morgan fingerprint density at radius 3 is 2.46 bits per heavy atom. The number of thiocarbonyl (C=S) groups is 1. The molecule has 2 rings (SSSR count). The Kier molecular flexibility index (Phi) is 9.99. The molecule has 1 aromatic heterocycles. The molecule has 0 spiro atoms. The molecule has 0 unspecified atom stereocenters. The van der Waals surface area contributed by atoms with Crippen LogP contribution in [0.4, 0.5) is 5.13 Å². The van der Waals surface area contributed by atoms with Crippen LogP contribution in [0, 0.1) is 0 Å². The van der Waals surface area contributed by atoms with E-state index in [4.69, 9.17) is 22.8 Å². The number of aromatic nitrogens is 1. The van der Waals surface area contributed by atoms with Crippen LogP contribution in [0.1, 0.15) is 23.7 Å². The third-order valence-corrected chi connectivity index (χ3v) is 4.79. The highest BCUT2D eigenvalue weighted by Gasteiger charge is 2.06. The summed E-state index contributed by atoms with van der Waals surface area (Å²) in [6.07, 6.45) is 2.54. The number of nitrogens with two attached hydrogens (primary N) is 1. The van der Waals surface area contributed by atoms with E-state index in [2.05, 4.69) is 34.6 Å². The van der Waals surface area contributed by atoms with Crippen molar-refractivity contribution in [1.29, 1.82) is 0 Å². The van der Waals surface area contributed by atoms with Gasteiger partial charge in [-0.15, -0.1) is 35.3 Å². The quantitative estimate of drug-likeness (QED) is 0.260. The average molecular weight is 506 g/mol. The maximum absolute atomic E-state index is 11.0. The molecule has 142 valence electrons. The van der Waals surface area contributed by atoms with Crippen molar-refractivity contribution >= 4 is 63.7 Å². The predicted octanol–water partition coefficient (Wildman–Crippen LogP) is 3.15. The molecular weight excluding hydrogens is 483 g/mol. The molecule has 0 fully saturated rings. The van der Waals surface area contributed by atoms with Gasteiger partial charge in [-0.3, -0.25) is 9.80 Å². The van der Waals surface area contributed by atoms with Crippen LogP contribution in [-0.2, 0) is 28.8 Å². The molecule has 0 atom stereocenters. The van der Waals surface area contributed by atoms with E-state index in [1.807, 2.05) is 5.38 Å². The predicted molar refractivity (Wildman–Crippen MR) is 120 cm³/mol.